The van der Waals surface area contributed by atoms with Crippen LogP contribution in [0.4, 0.5) is 0 Å². The number of carboxylic acid groups (broad SMARTS) is 1. The minimum Gasteiger partial charge on any atom is -0.478 e. The molecule has 1 unspecified atom stereocenters. The molecule has 0 aromatic heterocycles. The molecular weight excluding hydrogens is 356 g/mol. The summed E-state index contributed by atoms with van der Waals surface area (Å²) in [5.41, 5.74) is 1.80. The third-order valence-electron chi connectivity index (χ3n) is 3.55. The van der Waals surface area contributed by atoms with Gasteiger partial charge in [-0.15, -0.1) is 0 Å². The highest BCUT2D eigenvalue weighted by Crippen LogP contribution is 2.32. The van der Waals surface area contributed by atoms with Gasteiger partial charge in [0, 0.05) is 10.9 Å². The normalized spacial score (nSPS) is 12.7. The van der Waals surface area contributed by atoms with Crippen LogP contribution in [0.5, 0.6) is 5.75 Å². The fourth-order valence-corrected chi connectivity index (χ4v) is 2.85. The minimum absolute atomic E-state index is 0.116. The van der Waals surface area contributed by atoms with Gasteiger partial charge in [-0.05, 0) is 34.7 Å². The van der Waals surface area contributed by atoms with Crippen molar-refractivity contribution in [3.8, 4) is 5.75 Å². The first-order chi connectivity index (χ1) is 10.8. The lowest BCUT2D eigenvalue weighted by molar-refractivity contribution is -0.145. The van der Waals surface area contributed by atoms with E-state index in [9.17, 15) is 9.90 Å². The highest BCUT2D eigenvalue weighted by Gasteiger charge is 2.24. The summed E-state index contributed by atoms with van der Waals surface area (Å²) in [7, 11) is 0. The fraction of sp³-hybridized carbons (Fsp3) is 0.316. The predicted octanol–water partition coefficient (Wildman–Crippen LogP) is 4.82. The first kappa shape index (κ1) is 17.5. The fourth-order valence-electron chi connectivity index (χ4n) is 2.40. The summed E-state index contributed by atoms with van der Waals surface area (Å²) in [6.45, 7) is 6.25. The number of ether oxygens (including phenoxy) is 1. The van der Waals surface area contributed by atoms with Gasteiger partial charge in [-0.1, -0.05) is 67.0 Å². The third-order valence-corrected chi connectivity index (χ3v) is 4.04. The van der Waals surface area contributed by atoms with Crippen LogP contribution in [0, 0.1) is 0 Å². The highest BCUT2D eigenvalue weighted by molar-refractivity contribution is 9.10. The van der Waals surface area contributed by atoms with E-state index < -0.39 is 12.1 Å². The zero-order valence-corrected chi connectivity index (χ0v) is 15.1. The molecule has 0 amide bonds. The number of benzene rings is 2. The lowest BCUT2D eigenvalue weighted by atomic mass is 9.86. The van der Waals surface area contributed by atoms with Crippen molar-refractivity contribution in [2.75, 3.05) is 0 Å². The van der Waals surface area contributed by atoms with E-state index in [0.29, 0.717) is 12.2 Å². The van der Waals surface area contributed by atoms with Gasteiger partial charge in [0.2, 0.25) is 0 Å². The smallest absolute Gasteiger partial charge is 0.345 e. The second-order valence-electron chi connectivity index (χ2n) is 6.52. The van der Waals surface area contributed by atoms with Crippen molar-refractivity contribution < 1.29 is 14.6 Å². The molecule has 0 saturated heterocycles. The van der Waals surface area contributed by atoms with E-state index in [2.05, 4.69) is 36.7 Å². The maximum Gasteiger partial charge on any atom is 0.345 e. The Bertz CT molecular complexity index is 689. The Hall–Kier alpha value is -1.81. The largest absolute Gasteiger partial charge is 0.478 e. The van der Waals surface area contributed by atoms with Crippen molar-refractivity contribution in [2.45, 2.75) is 38.7 Å². The number of hydrogen-bond donors (Lipinski definition) is 1. The second kappa shape index (κ2) is 7.18. The summed E-state index contributed by atoms with van der Waals surface area (Å²) in [4.78, 5) is 11.6. The van der Waals surface area contributed by atoms with E-state index in [4.69, 9.17) is 4.74 Å². The number of halogens is 1. The molecule has 0 heterocycles. The maximum atomic E-state index is 11.6. The van der Waals surface area contributed by atoms with Crippen LogP contribution < -0.4 is 4.74 Å². The van der Waals surface area contributed by atoms with Crippen LogP contribution >= 0.6 is 15.9 Å². The van der Waals surface area contributed by atoms with Gasteiger partial charge in [0.25, 0.3) is 0 Å². The molecule has 2 aromatic carbocycles. The standard InChI is InChI=1S/C19H21BrO3/c1-19(2,3)15-9-4-5-10-16(15)23-17(18(21)22)12-13-7-6-8-14(20)11-13/h4-11,17H,12H2,1-3H3,(H,21,22). The van der Waals surface area contributed by atoms with Gasteiger partial charge < -0.3 is 9.84 Å². The molecule has 0 saturated carbocycles. The molecule has 0 aliphatic heterocycles. The zero-order chi connectivity index (χ0) is 17.0. The summed E-state index contributed by atoms with van der Waals surface area (Å²) in [5, 5.41) is 9.52. The Morgan fingerprint density at radius 3 is 2.48 bits per heavy atom. The van der Waals surface area contributed by atoms with E-state index in [1.807, 2.05) is 48.5 Å². The first-order valence-electron chi connectivity index (χ1n) is 7.51. The van der Waals surface area contributed by atoms with Crippen LogP contribution in [-0.2, 0) is 16.6 Å². The van der Waals surface area contributed by atoms with Gasteiger partial charge in [-0.3, -0.25) is 0 Å². The number of para-hydroxylation sites is 1. The molecule has 0 aliphatic rings. The van der Waals surface area contributed by atoms with E-state index in [-0.39, 0.29) is 5.41 Å². The van der Waals surface area contributed by atoms with Crippen molar-refractivity contribution in [2.24, 2.45) is 0 Å². The minimum atomic E-state index is -0.964. The van der Waals surface area contributed by atoms with E-state index in [1.165, 1.54) is 0 Å². The quantitative estimate of drug-likeness (QED) is 0.813. The molecule has 122 valence electrons. The molecule has 1 N–H and O–H groups in total. The molecule has 23 heavy (non-hydrogen) atoms. The van der Waals surface area contributed by atoms with Crippen LogP contribution in [0.2, 0.25) is 0 Å². The molecule has 0 radical (unpaired) electrons. The number of hydrogen-bond acceptors (Lipinski definition) is 2. The van der Waals surface area contributed by atoms with Crippen LogP contribution in [0.25, 0.3) is 0 Å². The van der Waals surface area contributed by atoms with Crippen molar-refractivity contribution >= 4 is 21.9 Å². The summed E-state index contributed by atoms with van der Waals surface area (Å²) >= 11 is 3.41. The Morgan fingerprint density at radius 2 is 1.87 bits per heavy atom. The molecule has 0 fully saturated rings. The highest BCUT2D eigenvalue weighted by atomic mass is 79.9. The topological polar surface area (TPSA) is 46.5 Å². The number of carbonyl (C=O) groups is 1. The lowest BCUT2D eigenvalue weighted by Crippen LogP contribution is -2.30. The summed E-state index contributed by atoms with van der Waals surface area (Å²) < 4.78 is 6.79. The molecule has 3 nitrogen and oxygen atoms in total. The zero-order valence-electron chi connectivity index (χ0n) is 13.5. The first-order valence-corrected chi connectivity index (χ1v) is 8.30. The molecule has 4 heteroatoms. The Kier molecular flexibility index (Phi) is 5.47. The van der Waals surface area contributed by atoms with Crippen LogP contribution in [0.3, 0.4) is 0 Å². The predicted molar refractivity (Wildman–Crippen MR) is 95.0 cm³/mol. The molecule has 0 bridgehead atoms. The van der Waals surface area contributed by atoms with E-state index >= 15 is 0 Å². The Morgan fingerprint density at radius 1 is 1.17 bits per heavy atom. The molecular formula is C19H21BrO3. The van der Waals surface area contributed by atoms with Gasteiger partial charge in [0.05, 0.1) is 0 Å². The average molecular weight is 377 g/mol. The summed E-state index contributed by atoms with van der Waals surface area (Å²) in [5.74, 6) is -0.337. The van der Waals surface area contributed by atoms with Crippen LogP contribution in [0.15, 0.2) is 53.0 Å². The SMILES string of the molecule is CC(C)(C)c1ccccc1OC(Cc1cccc(Br)c1)C(=O)O. The van der Waals surface area contributed by atoms with Gasteiger partial charge in [0.1, 0.15) is 5.75 Å². The van der Waals surface area contributed by atoms with Gasteiger partial charge in [0.15, 0.2) is 6.10 Å². The second-order valence-corrected chi connectivity index (χ2v) is 7.44. The number of rotatable bonds is 5. The summed E-state index contributed by atoms with van der Waals surface area (Å²) in [6.07, 6.45) is -0.611. The monoisotopic (exact) mass is 376 g/mol. The molecule has 0 spiro atoms. The number of aliphatic carboxylic acids is 1. The van der Waals surface area contributed by atoms with Crippen LogP contribution in [-0.4, -0.2) is 17.2 Å². The molecule has 0 aliphatic carbocycles. The van der Waals surface area contributed by atoms with E-state index in [1.54, 1.807) is 0 Å². The van der Waals surface area contributed by atoms with Crippen molar-refractivity contribution in [1.82, 2.24) is 0 Å². The van der Waals surface area contributed by atoms with Gasteiger partial charge >= 0.3 is 5.97 Å². The Labute approximate surface area is 145 Å². The molecule has 1 atom stereocenters. The molecule has 2 rings (SSSR count). The maximum absolute atomic E-state index is 11.6. The van der Waals surface area contributed by atoms with Crippen molar-refractivity contribution in [3.05, 3.63) is 64.1 Å². The third kappa shape index (κ3) is 4.83. The van der Waals surface area contributed by atoms with Crippen LogP contribution in [0.1, 0.15) is 31.9 Å². The van der Waals surface area contributed by atoms with Gasteiger partial charge in [-0.2, -0.15) is 0 Å². The molecule has 2 aromatic rings. The lowest BCUT2D eigenvalue weighted by Gasteiger charge is -2.24. The Balaban J connectivity index is 2.26. The van der Waals surface area contributed by atoms with Crippen molar-refractivity contribution in [1.29, 1.82) is 0 Å². The summed E-state index contributed by atoms with van der Waals surface area (Å²) in [6, 6.07) is 15.2. The van der Waals surface area contributed by atoms with E-state index in [0.717, 1.165) is 15.6 Å². The van der Waals surface area contributed by atoms with Gasteiger partial charge in [-0.25, -0.2) is 4.79 Å². The van der Waals surface area contributed by atoms with Crippen molar-refractivity contribution in [3.63, 3.8) is 0 Å². The number of carboxylic acids is 1. The average Bonchev–Trinajstić information content (AvgIpc) is 2.46.